The maximum atomic E-state index is 0. The molecule has 0 aliphatic rings. The van der Waals surface area contributed by atoms with Crippen molar-refractivity contribution >= 4 is 0 Å². The Morgan fingerprint density at radius 1 is 0.600 bits per heavy atom. The largest absolute Gasteiger partial charge is 4.00 e. The monoisotopic (exact) mass is 214 g/mol. The zero-order valence-corrected chi connectivity index (χ0v) is 6.99. The van der Waals surface area contributed by atoms with Gasteiger partial charge in [-0.05, 0) is 0 Å². The van der Waals surface area contributed by atoms with Gasteiger partial charge in [-0.3, -0.25) is 0 Å². The van der Waals surface area contributed by atoms with Gasteiger partial charge in [-0.1, -0.05) is 0 Å². The van der Waals surface area contributed by atoms with E-state index in [4.69, 9.17) is 0 Å². The molecule has 0 aliphatic carbocycles. The summed E-state index contributed by atoms with van der Waals surface area (Å²) in [6, 6.07) is 0. The van der Waals surface area contributed by atoms with Crippen LogP contribution >= 0.6 is 0 Å². The van der Waals surface area contributed by atoms with E-state index < -0.39 is 0 Å². The third kappa shape index (κ3) is 39.5. The van der Waals surface area contributed by atoms with Crippen LogP contribution in [0.15, 0.2) is 0 Å². The molecule has 5 heavy (non-hydrogen) atoms. The van der Waals surface area contributed by atoms with Crippen LogP contribution in [0.2, 0.25) is 0 Å². The third-order valence-corrected chi connectivity index (χ3v) is 0. The number of hydrogen-bond donors (Lipinski definition) is 0. The molecule has 28 valence electrons. The smallest absolute Gasteiger partial charge is 2.00 e. The standard InChI is InChI=1S/3O.Ru.Zn/q3*-2;+4;+2. The molecule has 0 saturated carbocycles. The Kier molecular flexibility index (Phi) is 1740. The van der Waals surface area contributed by atoms with Crippen molar-refractivity contribution in [2.75, 3.05) is 0 Å². The Bertz CT molecular complexity index is 6.85. The molecule has 0 aromatic heterocycles. The second kappa shape index (κ2) is 68.8. The fourth-order valence-corrected chi connectivity index (χ4v) is 0. The van der Waals surface area contributed by atoms with Gasteiger partial charge in [-0.15, -0.1) is 0 Å². The molecule has 0 spiro atoms. The first kappa shape index (κ1) is 127. The van der Waals surface area contributed by atoms with E-state index in [0.29, 0.717) is 0 Å². The minimum Gasteiger partial charge on any atom is -2.00 e. The maximum Gasteiger partial charge on any atom is 4.00 e. The molecular formula is O3RuZn. The molecule has 0 aromatic rings. The fraction of sp³-hybridized carbons (Fsp3) is 0. The Hall–Kier alpha value is 1.13. The van der Waals surface area contributed by atoms with Crippen LogP contribution in [0.25, 0.3) is 0 Å². The fourth-order valence-electron chi connectivity index (χ4n) is 0. The van der Waals surface area contributed by atoms with E-state index in [1.807, 2.05) is 0 Å². The van der Waals surface area contributed by atoms with E-state index in [-0.39, 0.29) is 55.4 Å². The van der Waals surface area contributed by atoms with Crippen LogP contribution in [0.1, 0.15) is 0 Å². The van der Waals surface area contributed by atoms with Gasteiger partial charge in [0.1, 0.15) is 0 Å². The van der Waals surface area contributed by atoms with Crippen molar-refractivity contribution in [2.24, 2.45) is 0 Å². The average Bonchev–Trinajstić information content (AvgIpc) is 0. The summed E-state index contributed by atoms with van der Waals surface area (Å²) < 4.78 is 0. The van der Waals surface area contributed by atoms with Crippen LogP contribution in [-0.4, -0.2) is 0 Å². The Morgan fingerprint density at radius 2 is 0.600 bits per heavy atom. The first-order valence-corrected chi connectivity index (χ1v) is 0. The van der Waals surface area contributed by atoms with E-state index in [9.17, 15) is 0 Å². The molecule has 0 N–H and O–H groups in total. The van der Waals surface area contributed by atoms with Crippen LogP contribution in [0, 0.1) is 0 Å². The second-order valence-electron chi connectivity index (χ2n) is 0. The summed E-state index contributed by atoms with van der Waals surface area (Å²) in [5.74, 6) is 0. The Labute approximate surface area is 55.6 Å². The van der Waals surface area contributed by atoms with Gasteiger partial charge < -0.3 is 16.4 Å². The van der Waals surface area contributed by atoms with Crippen molar-refractivity contribution in [1.82, 2.24) is 0 Å². The Balaban J connectivity index is 0. The van der Waals surface area contributed by atoms with Gasteiger partial charge >= 0.3 is 39.0 Å². The van der Waals surface area contributed by atoms with Gasteiger partial charge in [0, 0.05) is 0 Å². The van der Waals surface area contributed by atoms with Gasteiger partial charge in [0.15, 0.2) is 0 Å². The van der Waals surface area contributed by atoms with Crippen LogP contribution < -0.4 is 0 Å². The zero-order chi connectivity index (χ0) is 0. The van der Waals surface area contributed by atoms with E-state index >= 15 is 0 Å². The summed E-state index contributed by atoms with van der Waals surface area (Å²) in [6.45, 7) is 0. The van der Waals surface area contributed by atoms with Gasteiger partial charge in [-0.25, -0.2) is 0 Å². The van der Waals surface area contributed by atoms with Crippen LogP contribution in [0.5, 0.6) is 0 Å². The second-order valence-corrected chi connectivity index (χ2v) is 0. The summed E-state index contributed by atoms with van der Waals surface area (Å²) in [6.07, 6.45) is 0. The normalized spacial score (nSPS) is 0. The van der Waals surface area contributed by atoms with Gasteiger partial charge in [0.05, 0.1) is 0 Å². The molecule has 0 radical (unpaired) electrons. The van der Waals surface area contributed by atoms with E-state index in [0.717, 1.165) is 0 Å². The van der Waals surface area contributed by atoms with Crippen LogP contribution in [-0.2, 0) is 55.4 Å². The molecule has 0 saturated heterocycles. The molecule has 0 rings (SSSR count). The van der Waals surface area contributed by atoms with Crippen LogP contribution in [0.3, 0.4) is 0 Å². The molecule has 0 amide bonds. The molecular weight excluding hydrogens is 214 g/mol. The van der Waals surface area contributed by atoms with E-state index in [1.54, 1.807) is 0 Å². The van der Waals surface area contributed by atoms with Gasteiger partial charge in [0.2, 0.25) is 0 Å². The van der Waals surface area contributed by atoms with Crippen molar-refractivity contribution in [3.8, 4) is 0 Å². The summed E-state index contributed by atoms with van der Waals surface area (Å²) in [7, 11) is 0. The van der Waals surface area contributed by atoms with Gasteiger partial charge in [-0.2, -0.15) is 0 Å². The summed E-state index contributed by atoms with van der Waals surface area (Å²) in [5, 5.41) is 0. The average molecular weight is 214 g/mol. The molecule has 3 nitrogen and oxygen atoms in total. The van der Waals surface area contributed by atoms with Gasteiger partial charge in [0.25, 0.3) is 0 Å². The quantitative estimate of drug-likeness (QED) is 0.493. The zero-order valence-electron chi connectivity index (χ0n) is 2.29. The predicted octanol–water partition coefficient (Wildman–Crippen LogP) is -0.361. The minimum absolute atomic E-state index is 0. The predicted molar refractivity (Wildman–Crippen MR) is 2.06 cm³/mol. The molecule has 0 fully saturated rings. The first-order valence-electron chi connectivity index (χ1n) is 0. The van der Waals surface area contributed by atoms with Crippen molar-refractivity contribution in [3.05, 3.63) is 0 Å². The third-order valence-electron chi connectivity index (χ3n) is 0. The maximum absolute atomic E-state index is 0. The molecule has 0 atom stereocenters. The molecule has 0 heterocycles. The van der Waals surface area contributed by atoms with E-state index in [2.05, 4.69) is 0 Å². The summed E-state index contributed by atoms with van der Waals surface area (Å²) in [4.78, 5) is 0. The molecule has 5 heteroatoms. The first-order chi connectivity index (χ1) is 0. The molecule has 0 bridgehead atoms. The topological polar surface area (TPSA) is 85.5 Å². The van der Waals surface area contributed by atoms with Crippen molar-refractivity contribution in [2.45, 2.75) is 0 Å². The Morgan fingerprint density at radius 3 is 0.600 bits per heavy atom. The summed E-state index contributed by atoms with van der Waals surface area (Å²) >= 11 is 0. The molecule has 0 aromatic carbocycles. The minimum atomic E-state index is 0. The SMILES string of the molecule is [O-2].[O-2].[O-2].[Ru+4].[Zn+2]. The van der Waals surface area contributed by atoms with Crippen molar-refractivity contribution in [3.63, 3.8) is 0 Å². The number of hydrogen-bond acceptors (Lipinski definition) is 0. The van der Waals surface area contributed by atoms with Crippen molar-refractivity contribution < 1.29 is 55.4 Å². The van der Waals surface area contributed by atoms with E-state index in [1.165, 1.54) is 0 Å². The molecule has 0 aliphatic heterocycles. The summed E-state index contributed by atoms with van der Waals surface area (Å²) in [5.41, 5.74) is 0. The molecule has 0 unspecified atom stereocenters. The number of rotatable bonds is 0. The van der Waals surface area contributed by atoms with Crippen molar-refractivity contribution in [1.29, 1.82) is 0 Å². The van der Waals surface area contributed by atoms with Crippen LogP contribution in [0.4, 0.5) is 0 Å².